The van der Waals surface area contributed by atoms with E-state index in [1.807, 2.05) is 107 Å². The number of aromatic nitrogens is 2. The molecule has 0 atom stereocenters. The number of carbonyl (C=O) groups excluding carboxylic acids is 2. The number of fused-ring (bicyclic) bond motifs is 2. The van der Waals surface area contributed by atoms with Gasteiger partial charge >= 0.3 is 0 Å². The molecule has 2 amide bonds. The summed E-state index contributed by atoms with van der Waals surface area (Å²) < 4.78 is 0. The summed E-state index contributed by atoms with van der Waals surface area (Å²) in [7, 11) is 0. The Balaban J connectivity index is 0.000000256. The SMILES string of the molecule is C.CC(C)(C)c1cc(C(C)(C)C)c(NC(=O)c2c[nH]c3ccccc3c2=O)cc1O.CC(C)(C)c1cc(C(C)(C)C)c(NC(=O)c2c[nH]c3ccccc3c2=O)cc1O. The van der Waals surface area contributed by atoms with Gasteiger partial charge < -0.3 is 30.8 Å². The standard InChI is InChI=1S/2C24H28N2O3.CH4/c2*1-23(2,3)16-11-17(24(4,5)6)20(27)12-19(16)26-22(29)15-13-25-18-10-8-7-9-14(18)21(15)28;/h2*7-13,27H,1-6H3,(H,25,28)(H,26,29);1H4. The van der Waals surface area contributed by atoms with Crippen LogP contribution in [-0.2, 0) is 21.7 Å². The molecule has 2 aromatic heterocycles. The molecule has 312 valence electrons. The number of rotatable bonds is 4. The van der Waals surface area contributed by atoms with Crippen molar-refractivity contribution in [3.8, 4) is 11.5 Å². The van der Waals surface area contributed by atoms with E-state index in [9.17, 15) is 29.4 Å². The molecule has 0 unspecified atom stereocenters. The summed E-state index contributed by atoms with van der Waals surface area (Å²) in [5.74, 6) is -0.780. The third kappa shape index (κ3) is 9.94. The smallest absolute Gasteiger partial charge is 0.261 e. The number of nitrogens with one attached hydrogen (secondary N) is 4. The van der Waals surface area contributed by atoms with Gasteiger partial charge in [0.2, 0.25) is 10.9 Å². The number of amides is 2. The molecular formula is C49H60N4O6. The molecule has 10 nitrogen and oxygen atoms in total. The zero-order chi connectivity index (χ0) is 43.1. The number of phenols is 2. The van der Waals surface area contributed by atoms with E-state index in [-0.39, 0.29) is 62.6 Å². The largest absolute Gasteiger partial charge is 0.508 e. The van der Waals surface area contributed by atoms with Crippen LogP contribution in [0.3, 0.4) is 0 Å². The lowest BCUT2D eigenvalue weighted by Crippen LogP contribution is -2.25. The van der Waals surface area contributed by atoms with Crippen LogP contribution in [0.25, 0.3) is 21.8 Å². The molecule has 0 aliphatic heterocycles. The van der Waals surface area contributed by atoms with Gasteiger partial charge in [-0.25, -0.2) is 0 Å². The Labute approximate surface area is 347 Å². The third-order valence-corrected chi connectivity index (χ3v) is 10.1. The predicted molar refractivity (Wildman–Crippen MR) is 243 cm³/mol. The van der Waals surface area contributed by atoms with Crippen LogP contribution in [0.4, 0.5) is 11.4 Å². The van der Waals surface area contributed by atoms with Gasteiger partial charge in [0.1, 0.15) is 22.6 Å². The molecule has 2 heterocycles. The van der Waals surface area contributed by atoms with Gasteiger partial charge in [0.15, 0.2) is 0 Å². The Morgan fingerprint density at radius 2 is 0.797 bits per heavy atom. The molecule has 0 spiro atoms. The molecule has 0 aliphatic rings. The van der Waals surface area contributed by atoms with E-state index >= 15 is 0 Å². The molecule has 6 aromatic rings. The Morgan fingerprint density at radius 1 is 0.492 bits per heavy atom. The van der Waals surface area contributed by atoms with Crippen molar-refractivity contribution in [1.82, 2.24) is 9.97 Å². The Kier molecular flexibility index (Phi) is 12.8. The van der Waals surface area contributed by atoms with Gasteiger partial charge in [-0.05, 0) is 80.3 Å². The van der Waals surface area contributed by atoms with Gasteiger partial charge in [-0.15, -0.1) is 0 Å². The normalized spacial score (nSPS) is 12.0. The number of aromatic hydroxyl groups is 2. The van der Waals surface area contributed by atoms with Crippen molar-refractivity contribution >= 4 is 45.0 Å². The minimum absolute atomic E-state index is 0. The van der Waals surface area contributed by atoms with Gasteiger partial charge in [-0.3, -0.25) is 19.2 Å². The topological polar surface area (TPSA) is 164 Å². The van der Waals surface area contributed by atoms with E-state index in [0.29, 0.717) is 33.2 Å². The second kappa shape index (κ2) is 16.6. The number of benzene rings is 4. The fourth-order valence-electron chi connectivity index (χ4n) is 6.88. The van der Waals surface area contributed by atoms with E-state index < -0.39 is 11.8 Å². The highest BCUT2D eigenvalue weighted by molar-refractivity contribution is 6.07. The van der Waals surface area contributed by atoms with Crippen LogP contribution < -0.4 is 21.5 Å². The average Bonchev–Trinajstić information content (AvgIpc) is 3.10. The maximum absolute atomic E-state index is 12.9. The van der Waals surface area contributed by atoms with E-state index in [2.05, 4.69) is 20.6 Å². The summed E-state index contributed by atoms with van der Waals surface area (Å²) in [6.07, 6.45) is 2.86. The summed E-state index contributed by atoms with van der Waals surface area (Å²) in [4.78, 5) is 57.4. The molecule has 0 bridgehead atoms. The molecule has 10 heteroatoms. The average molecular weight is 801 g/mol. The Hall–Kier alpha value is -6.16. The second-order valence-corrected chi connectivity index (χ2v) is 18.9. The van der Waals surface area contributed by atoms with E-state index in [1.165, 1.54) is 12.4 Å². The monoisotopic (exact) mass is 800 g/mol. The minimum Gasteiger partial charge on any atom is -0.508 e. The van der Waals surface area contributed by atoms with Crippen molar-refractivity contribution in [2.24, 2.45) is 0 Å². The van der Waals surface area contributed by atoms with Gasteiger partial charge in [0.25, 0.3) is 11.8 Å². The van der Waals surface area contributed by atoms with Crippen LogP contribution >= 0.6 is 0 Å². The highest BCUT2D eigenvalue weighted by Gasteiger charge is 2.28. The predicted octanol–water partition coefficient (Wildman–Crippen LogP) is 10.8. The number of pyridine rings is 2. The molecule has 0 saturated carbocycles. The van der Waals surface area contributed by atoms with Crippen molar-refractivity contribution in [2.75, 3.05) is 10.6 Å². The summed E-state index contributed by atoms with van der Waals surface area (Å²) in [6, 6.07) is 21.2. The third-order valence-electron chi connectivity index (χ3n) is 10.1. The number of hydrogen-bond donors (Lipinski definition) is 6. The second-order valence-electron chi connectivity index (χ2n) is 18.9. The first-order chi connectivity index (χ1) is 26.8. The number of H-pyrrole nitrogens is 2. The number of hydrogen-bond acceptors (Lipinski definition) is 6. The van der Waals surface area contributed by atoms with Gasteiger partial charge in [-0.2, -0.15) is 0 Å². The lowest BCUT2D eigenvalue weighted by Gasteiger charge is -2.28. The fourth-order valence-corrected chi connectivity index (χ4v) is 6.88. The fraction of sp³-hybridized carbons (Fsp3) is 0.347. The molecule has 0 aliphatic carbocycles. The highest BCUT2D eigenvalue weighted by Crippen LogP contribution is 2.41. The van der Waals surface area contributed by atoms with Gasteiger partial charge in [0, 0.05) is 57.7 Å². The molecule has 59 heavy (non-hydrogen) atoms. The number of carbonyl (C=O) groups is 2. The van der Waals surface area contributed by atoms with Crippen molar-refractivity contribution < 1.29 is 19.8 Å². The number of anilines is 2. The van der Waals surface area contributed by atoms with Crippen LogP contribution in [0.15, 0.2) is 94.8 Å². The van der Waals surface area contributed by atoms with E-state index in [1.54, 1.807) is 48.5 Å². The first-order valence-electron chi connectivity index (χ1n) is 19.4. The van der Waals surface area contributed by atoms with Gasteiger partial charge in [-0.1, -0.05) is 115 Å². The van der Waals surface area contributed by atoms with Crippen molar-refractivity contribution in [2.45, 2.75) is 112 Å². The van der Waals surface area contributed by atoms with Crippen LogP contribution in [0.5, 0.6) is 11.5 Å². The van der Waals surface area contributed by atoms with E-state index in [0.717, 1.165) is 22.3 Å². The Morgan fingerprint density at radius 3 is 1.10 bits per heavy atom. The number of phenolic OH excluding ortho intramolecular Hbond substituents is 2. The number of para-hydroxylation sites is 2. The first-order valence-corrected chi connectivity index (χ1v) is 19.4. The quantitative estimate of drug-likeness (QED) is 0.104. The van der Waals surface area contributed by atoms with Gasteiger partial charge in [0.05, 0.1) is 0 Å². The Bertz CT molecular complexity index is 2480. The summed E-state index contributed by atoms with van der Waals surface area (Å²) in [6.45, 7) is 24.5. The molecule has 4 aromatic carbocycles. The molecular weight excluding hydrogens is 741 g/mol. The number of aromatic amines is 2. The lowest BCUT2D eigenvalue weighted by molar-refractivity contribution is 0.101. The van der Waals surface area contributed by atoms with Crippen molar-refractivity contribution in [3.05, 3.63) is 139 Å². The van der Waals surface area contributed by atoms with Crippen molar-refractivity contribution in [1.29, 1.82) is 0 Å². The zero-order valence-electron chi connectivity index (χ0n) is 35.6. The molecule has 0 fully saturated rings. The molecule has 6 rings (SSSR count). The van der Waals surface area contributed by atoms with E-state index in [4.69, 9.17) is 0 Å². The van der Waals surface area contributed by atoms with Crippen molar-refractivity contribution in [3.63, 3.8) is 0 Å². The lowest BCUT2D eigenvalue weighted by atomic mass is 9.79. The molecule has 0 saturated heterocycles. The van der Waals surface area contributed by atoms with Crippen LogP contribution in [0.1, 0.15) is 133 Å². The highest BCUT2D eigenvalue weighted by atomic mass is 16.3. The molecule has 0 radical (unpaired) electrons. The van der Waals surface area contributed by atoms with Crippen LogP contribution in [0.2, 0.25) is 0 Å². The van der Waals surface area contributed by atoms with Crippen LogP contribution in [0, 0.1) is 0 Å². The zero-order valence-corrected chi connectivity index (χ0v) is 35.6. The summed E-state index contributed by atoms with van der Waals surface area (Å²) in [5.41, 5.74) is 4.13. The summed E-state index contributed by atoms with van der Waals surface area (Å²) in [5, 5.41) is 27.8. The maximum Gasteiger partial charge on any atom is 0.261 e. The summed E-state index contributed by atoms with van der Waals surface area (Å²) >= 11 is 0. The molecule has 6 N–H and O–H groups in total. The maximum atomic E-state index is 12.9. The minimum atomic E-state index is -0.509. The van der Waals surface area contributed by atoms with Crippen LogP contribution in [-0.4, -0.2) is 32.0 Å². The first kappa shape index (κ1) is 45.5.